The number of hydrogen-bond acceptors (Lipinski definition) is 6. The Morgan fingerprint density at radius 3 is 2.30 bits per heavy atom. The van der Waals surface area contributed by atoms with Crippen molar-refractivity contribution >= 4 is 33.2 Å². The molecule has 1 amide bonds. The highest BCUT2D eigenvalue weighted by Gasteiger charge is 2.22. The van der Waals surface area contributed by atoms with Gasteiger partial charge in [-0.2, -0.15) is 4.31 Å². The van der Waals surface area contributed by atoms with Crippen molar-refractivity contribution in [1.82, 2.24) is 4.31 Å². The third-order valence-corrected chi connectivity index (χ3v) is 6.63. The van der Waals surface area contributed by atoms with E-state index >= 15 is 0 Å². The van der Waals surface area contributed by atoms with Crippen molar-refractivity contribution in [1.29, 1.82) is 0 Å². The van der Waals surface area contributed by atoms with Crippen LogP contribution < -0.4 is 19.5 Å². The lowest BCUT2D eigenvalue weighted by molar-refractivity contribution is -0.118. The lowest BCUT2D eigenvalue weighted by atomic mass is 10.2. The number of methoxy groups -OCH3 is 2. The van der Waals surface area contributed by atoms with Crippen molar-refractivity contribution in [2.75, 3.05) is 39.2 Å². The van der Waals surface area contributed by atoms with Gasteiger partial charge in [-0.25, -0.2) is 8.42 Å². The molecule has 0 unspecified atom stereocenters. The molecular formula is C20H25ClN2O6S. The number of hydrogen-bond donors (Lipinski definition) is 1. The Bertz CT molecular complexity index is 993. The Labute approximate surface area is 181 Å². The van der Waals surface area contributed by atoms with E-state index in [1.54, 1.807) is 32.0 Å². The molecule has 1 N–H and O–H groups in total. The highest BCUT2D eigenvalue weighted by molar-refractivity contribution is 7.89. The molecule has 30 heavy (non-hydrogen) atoms. The van der Waals surface area contributed by atoms with E-state index in [0.717, 1.165) is 0 Å². The smallest absolute Gasteiger partial charge is 0.262 e. The highest BCUT2D eigenvalue weighted by atomic mass is 35.5. The van der Waals surface area contributed by atoms with E-state index in [0.29, 0.717) is 30.3 Å². The summed E-state index contributed by atoms with van der Waals surface area (Å²) in [5.74, 6) is 0.792. The average molecular weight is 457 g/mol. The molecule has 0 spiro atoms. The summed E-state index contributed by atoms with van der Waals surface area (Å²) in [6, 6.07) is 9.12. The van der Waals surface area contributed by atoms with Crippen LogP contribution in [-0.4, -0.2) is 52.5 Å². The summed E-state index contributed by atoms with van der Waals surface area (Å²) in [5, 5.41) is 2.77. The minimum atomic E-state index is -3.64. The van der Waals surface area contributed by atoms with Crippen LogP contribution in [0.5, 0.6) is 17.2 Å². The van der Waals surface area contributed by atoms with E-state index in [2.05, 4.69) is 5.32 Å². The van der Waals surface area contributed by atoms with Gasteiger partial charge in [0.15, 0.2) is 6.61 Å². The van der Waals surface area contributed by atoms with Crippen molar-refractivity contribution in [3.63, 3.8) is 0 Å². The normalized spacial score (nSPS) is 11.3. The number of amides is 1. The van der Waals surface area contributed by atoms with E-state index in [-0.39, 0.29) is 22.3 Å². The molecule has 0 bridgehead atoms. The van der Waals surface area contributed by atoms with Gasteiger partial charge in [-0.05, 0) is 30.3 Å². The average Bonchev–Trinajstić information content (AvgIpc) is 2.73. The molecule has 0 aliphatic rings. The first-order valence-electron chi connectivity index (χ1n) is 9.21. The Morgan fingerprint density at radius 1 is 1.03 bits per heavy atom. The first-order chi connectivity index (χ1) is 14.3. The molecule has 0 radical (unpaired) electrons. The van der Waals surface area contributed by atoms with Gasteiger partial charge in [0.05, 0.1) is 29.8 Å². The summed E-state index contributed by atoms with van der Waals surface area (Å²) in [4.78, 5) is 12.3. The van der Waals surface area contributed by atoms with E-state index in [4.69, 9.17) is 25.8 Å². The van der Waals surface area contributed by atoms with Crippen LogP contribution >= 0.6 is 11.6 Å². The van der Waals surface area contributed by atoms with Gasteiger partial charge in [0.1, 0.15) is 17.2 Å². The van der Waals surface area contributed by atoms with Crippen molar-refractivity contribution in [3.8, 4) is 17.2 Å². The molecule has 0 aliphatic carbocycles. The summed E-state index contributed by atoms with van der Waals surface area (Å²) < 4.78 is 42.3. The fourth-order valence-corrected chi connectivity index (χ4v) is 4.49. The monoisotopic (exact) mass is 456 g/mol. The van der Waals surface area contributed by atoms with Crippen molar-refractivity contribution < 1.29 is 27.4 Å². The zero-order valence-electron chi connectivity index (χ0n) is 17.3. The van der Waals surface area contributed by atoms with Gasteiger partial charge in [-0.1, -0.05) is 25.4 Å². The summed E-state index contributed by atoms with van der Waals surface area (Å²) in [6.45, 7) is 3.90. The standard InChI is InChI=1S/C20H25ClN2O6S/c1-5-23(6-2)30(25,26)15-8-10-18(16(21)12-15)29-13-20(24)22-17-9-7-14(27-3)11-19(17)28-4/h7-12H,5-6,13H2,1-4H3,(H,22,24). The van der Waals surface area contributed by atoms with E-state index in [1.807, 2.05) is 0 Å². The molecule has 0 fully saturated rings. The minimum Gasteiger partial charge on any atom is -0.497 e. The predicted octanol–water partition coefficient (Wildman–Crippen LogP) is 3.41. The van der Waals surface area contributed by atoms with Gasteiger partial charge < -0.3 is 19.5 Å². The second kappa shape index (κ2) is 10.5. The lowest BCUT2D eigenvalue weighted by Gasteiger charge is -2.19. The number of anilines is 1. The van der Waals surface area contributed by atoms with Crippen molar-refractivity contribution in [2.45, 2.75) is 18.7 Å². The topological polar surface area (TPSA) is 94.2 Å². The number of nitrogens with zero attached hydrogens (tertiary/aromatic N) is 1. The molecule has 0 atom stereocenters. The molecule has 2 rings (SSSR count). The van der Waals surface area contributed by atoms with Crippen LogP contribution in [0.3, 0.4) is 0 Å². The number of carbonyl (C=O) groups is 1. The first kappa shape index (κ1) is 23.8. The van der Waals surface area contributed by atoms with Crippen molar-refractivity contribution in [3.05, 3.63) is 41.4 Å². The van der Waals surface area contributed by atoms with E-state index in [9.17, 15) is 13.2 Å². The molecule has 8 nitrogen and oxygen atoms in total. The molecule has 0 aromatic heterocycles. The number of ether oxygens (including phenoxy) is 3. The number of benzene rings is 2. The fraction of sp³-hybridized carbons (Fsp3) is 0.350. The zero-order chi connectivity index (χ0) is 22.3. The summed E-state index contributed by atoms with van der Waals surface area (Å²) in [5.41, 5.74) is 0.457. The molecule has 0 aliphatic heterocycles. The van der Waals surface area contributed by atoms with Gasteiger partial charge in [0.2, 0.25) is 10.0 Å². The summed E-state index contributed by atoms with van der Waals surface area (Å²) in [7, 11) is -0.624. The van der Waals surface area contributed by atoms with Crippen LogP contribution in [0.1, 0.15) is 13.8 Å². The van der Waals surface area contributed by atoms with Crippen LogP contribution in [0.15, 0.2) is 41.3 Å². The van der Waals surface area contributed by atoms with Crippen LogP contribution in [0.25, 0.3) is 0 Å². The van der Waals surface area contributed by atoms with Gasteiger partial charge in [-0.15, -0.1) is 0 Å². The maximum absolute atomic E-state index is 12.6. The number of carbonyl (C=O) groups excluding carboxylic acids is 1. The molecule has 0 saturated carbocycles. The molecule has 0 saturated heterocycles. The Balaban J connectivity index is 2.07. The van der Waals surface area contributed by atoms with Gasteiger partial charge in [0, 0.05) is 19.2 Å². The van der Waals surface area contributed by atoms with Crippen LogP contribution in [0, 0.1) is 0 Å². The van der Waals surface area contributed by atoms with Gasteiger partial charge in [0.25, 0.3) is 5.91 Å². The van der Waals surface area contributed by atoms with Crippen LogP contribution in [-0.2, 0) is 14.8 Å². The maximum atomic E-state index is 12.6. The SMILES string of the molecule is CCN(CC)S(=O)(=O)c1ccc(OCC(=O)Nc2ccc(OC)cc2OC)c(Cl)c1. The highest BCUT2D eigenvalue weighted by Crippen LogP contribution is 2.30. The first-order valence-corrected chi connectivity index (χ1v) is 11.0. The van der Waals surface area contributed by atoms with Crippen LogP contribution in [0.4, 0.5) is 5.69 Å². The maximum Gasteiger partial charge on any atom is 0.262 e. The second-order valence-corrected chi connectivity index (χ2v) is 8.43. The predicted molar refractivity (Wildman–Crippen MR) is 115 cm³/mol. The Hall–Kier alpha value is -2.49. The lowest BCUT2D eigenvalue weighted by Crippen LogP contribution is -2.30. The van der Waals surface area contributed by atoms with E-state index < -0.39 is 15.9 Å². The zero-order valence-corrected chi connectivity index (χ0v) is 18.8. The number of halogens is 1. The number of rotatable bonds is 10. The van der Waals surface area contributed by atoms with E-state index in [1.165, 1.54) is 36.7 Å². The fourth-order valence-electron chi connectivity index (χ4n) is 2.70. The van der Waals surface area contributed by atoms with Gasteiger partial charge in [-0.3, -0.25) is 4.79 Å². The number of sulfonamides is 1. The number of nitrogens with one attached hydrogen (secondary N) is 1. The second-order valence-electron chi connectivity index (χ2n) is 6.08. The molecule has 0 heterocycles. The van der Waals surface area contributed by atoms with Gasteiger partial charge >= 0.3 is 0 Å². The van der Waals surface area contributed by atoms with Crippen molar-refractivity contribution in [2.24, 2.45) is 0 Å². The third kappa shape index (κ3) is 5.56. The minimum absolute atomic E-state index is 0.0657. The molecular weight excluding hydrogens is 432 g/mol. The largest absolute Gasteiger partial charge is 0.497 e. The third-order valence-electron chi connectivity index (χ3n) is 4.29. The molecule has 164 valence electrons. The molecule has 2 aromatic carbocycles. The van der Waals surface area contributed by atoms with Crippen LogP contribution in [0.2, 0.25) is 5.02 Å². The Kier molecular flexibility index (Phi) is 8.33. The summed E-state index contributed by atoms with van der Waals surface area (Å²) >= 11 is 6.18. The Morgan fingerprint density at radius 2 is 1.73 bits per heavy atom. The molecule has 2 aromatic rings. The quantitative estimate of drug-likeness (QED) is 0.588. The molecule has 10 heteroatoms. The summed E-state index contributed by atoms with van der Waals surface area (Å²) in [6.07, 6.45) is 0.